The summed E-state index contributed by atoms with van der Waals surface area (Å²) in [6.07, 6.45) is 0.474. The van der Waals surface area contributed by atoms with E-state index in [-0.39, 0.29) is 5.78 Å². The molecular formula is C24H20ClOPS. The molecule has 1 aromatic heterocycles. The van der Waals surface area contributed by atoms with E-state index in [9.17, 15) is 4.79 Å². The molecule has 0 bridgehead atoms. The Morgan fingerprint density at radius 3 is 1.46 bits per heavy atom. The van der Waals surface area contributed by atoms with E-state index in [1.54, 1.807) is 6.07 Å². The molecule has 3 aromatic carbocycles. The van der Waals surface area contributed by atoms with Crippen LogP contribution in [0.5, 0.6) is 0 Å². The molecule has 4 heteroatoms. The van der Waals surface area contributed by atoms with Gasteiger partial charge in [-0.05, 0) is 0 Å². The molecule has 4 aromatic rings. The van der Waals surface area contributed by atoms with Gasteiger partial charge in [0.15, 0.2) is 0 Å². The van der Waals surface area contributed by atoms with Gasteiger partial charge in [-0.2, -0.15) is 0 Å². The van der Waals surface area contributed by atoms with Gasteiger partial charge in [0, 0.05) is 0 Å². The molecule has 4 rings (SSSR count). The van der Waals surface area contributed by atoms with Crippen LogP contribution in [0.15, 0.2) is 103 Å². The summed E-state index contributed by atoms with van der Waals surface area (Å²) < 4.78 is 0.648. The van der Waals surface area contributed by atoms with Gasteiger partial charge in [0.1, 0.15) is 0 Å². The first kappa shape index (κ1) is 19.1. The van der Waals surface area contributed by atoms with Crippen molar-refractivity contribution in [3.63, 3.8) is 0 Å². The third-order valence-electron chi connectivity index (χ3n) is 5.07. The Labute approximate surface area is 175 Å². The predicted molar refractivity (Wildman–Crippen MR) is 125 cm³/mol. The van der Waals surface area contributed by atoms with E-state index in [4.69, 9.17) is 11.6 Å². The van der Waals surface area contributed by atoms with Crippen LogP contribution in [0.4, 0.5) is 0 Å². The number of benzene rings is 3. The van der Waals surface area contributed by atoms with E-state index in [2.05, 4.69) is 72.8 Å². The molecule has 0 saturated heterocycles. The van der Waals surface area contributed by atoms with Crippen LogP contribution in [0, 0.1) is 0 Å². The van der Waals surface area contributed by atoms with Gasteiger partial charge in [0.05, 0.1) is 0 Å². The topological polar surface area (TPSA) is 17.1 Å². The molecule has 28 heavy (non-hydrogen) atoms. The monoisotopic (exact) mass is 422 g/mol. The first-order valence-electron chi connectivity index (χ1n) is 9.15. The summed E-state index contributed by atoms with van der Waals surface area (Å²) in [4.78, 5) is 14.1. The second kappa shape index (κ2) is 8.41. The maximum atomic E-state index is 13.4. The van der Waals surface area contributed by atoms with Crippen molar-refractivity contribution in [3.05, 3.63) is 112 Å². The molecule has 0 unspecified atom stereocenters. The van der Waals surface area contributed by atoms with E-state index >= 15 is 0 Å². The van der Waals surface area contributed by atoms with E-state index in [0.29, 0.717) is 10.5 Å². The number of hydrogen-bond acceptors (Lipinski definition) is 2. The zero-order valence-electron chi connectivity index (χ0n) is 15.2. The number of halogens is 1. The van der Waals surface area contributed by atoms with E-state index in [1.165, 1.54) is 27.3 Å². The van der Waals surface area contributed by atoms with Gasteiger partial charge in [-0.15, -0.1) is 0 Å². The van der Waals surface area contributed by atoms with Crippen molar-refractivity contribution in [3.8, 4) is 0 Å². The number of Topliss-reactive ketones (excluding diaryl/α,β-unsaturated/α-hetero) is 1. The van der Waals surface area contributed by atoms with Crippen LogP contribution in [-0.4, -0.2) is 11.9 Å². The molecule has 0 aliphatic carbocycles. The van der Waals surface area contributed by atoms with Crippen molar-refractivity contribution in [2.45, 2.75) is 0 Å². The van der Waals surface area contributed by atoms with Crippen LogP contribution >= 0.6 is 30.2 Å². The van der Waals surface area contributed by atoms with Crippen LogP contribution in [0.1, 0.15) is 9.67 Å². The fourth-order valence-corrected chi connectivity index (χ4v) is 9.44. The Kier molecular flexibility index (Phi) is 5.73. The second-order valence-corrected chi connectivity index (χ2v) is 12.3. The van der Waals surface area contributed by atoms with Crippen molar-refractivity contribution < 1.29 is 4.79 Å². The molecule has 0 aliphatic rings. The van der Waals surface area contributed by atoms with Gasteiger partial charge in [-0.3, -0.25) is 0 Å². The standard InChI is InChI=1S/C24H20ClOPS/c25-24-17-16-23(28-24)22(26)18-27(19-10-4-1-5-11-19,20-12-6-2-7-13-20)21-14-8-3-9-15-21/h1-17,27H,18H2. The van der Waals surface area contributed by atoms with Crippen molar-refractivity contribution in [2.75, 3.05) is 6.16 Å². The predicted octanol–water partition coefficient (Wildman–Crippen LogP) is 5.31. The summed E-state index contributed by atoms with van der Waals surface area (Å²) in [5, 5.41) is 3.72. The number of ketones is 1. The SMILES string of the molecule is O=C(C[PH](c1ccccc1)(c1ccccc1)c1ccccc1)c1ccc(Cl)s1. The Bertz CT molecular complexity index is 965. The summed E-state index contributed by atoms with van der Waals surface area (Å²) in [6.45, 7) is 0. The molecule has 0 radical (unpaired) electrons. The molecule has 0 aliphatic heterocycles. The van der Waals surface area contributed by atoms with Gasteiger partial charge in [0.2, 0.25) is 0 Å². The molecule has 140 valence electrons. The zero-order chi connectivity index (χ0) is 19.4. The van der Waals surface area contributed by atoms with Gasteiger partial charge in [0.25, 0.3) is 0 Å². The molecular weight excluding hydrogens is 403 g/mol. The van der Waals surface area contributed by atoms with Crippen molar-refractivity contribution in [2.24, 2.45) is 0 Å². The zero-order valence-corrected chi connectivity index (χ0v) is 17.8. The molecule has 1 heterocycles. The minimum absolute atomic E-state index is 0.153. The first-order chi connectivity index (χ1) is 13.7. The van der Waals surface area contributed by atoms with Crippen LogP contribution in [0.2, 0.25) is 4.34 Å². The summed E-state index contributed by atoms with van der Waals surface area (Å²) in [5.74, 6) is 0.153. The van der Waals surface area contributed by atoms with E-state index in [0.717, 1.165) is 4.88 Å². The number of thiophene rings is 1. The Morgan fingerprint density at radius 1 is 0.679 bits per heavy atom. The van der Waals surface area contributed by atoms with Gasteiger partial charge in [-0.1, -0.05) is 0 Å². The number of carbonyl (C=O) groups excluding carboxylic acids is 1. The summed E-state index contributed by atoms with van der Waals surface area (Å²) in [5.41, 5.74) is 0. The number of carbonyl (C=O) groups is 1. The van der Waals surface area contributed by atoms with Gasteiger partial charge >= 0.3 is 175 Å². The summed E-state index contributed by atoms with van der Waals surface area (Å²) in [6, 6.07) is 35.1. The fraction of sp³-hybridized carbons (Fsp3) is 0.0417. The molecule has 0 amide bonds. The van der Waals surface area contributed by atoms with Crippen LogP contribution in [0.3, 0.4) is 0 Å². The molecule has 1 nitrogen and oxygen atoms in total. The fourth-order valence-electron chi connectivity index (χ4n) is 3.77. The number of rotatable bonds is 6. The summed E-state index contributed by atoms with van der Waals surface area (Å²) >= 11 is 7.46. The van der Waals surface area contributed by atoms with E-state index in [1.807, 2.05) is 24.3 Å². The van der Waals surface area contributed by atoms with Crippen molar-refractivity contribution in [1.29, 1.82) is 0 Å². The third kappa shape index (κ3) is 3.69. The maximum absolute atomic E-state index is 13.4. The average Bonchev–Trinajstić information content (AvgIpc) is 3.20. The van der Waals surface area contributed by atoms with Crippen LogP contribution < -0.4 is 15.9 Å². The summed E-state index contributed by atoms with van der Waals surface area (Å²) in [7, 11) is -2.55. The van der Waals surface area contributed by atoms with E-state index < -0.39 is 7.26 Å². The Hall–Kier alpha value is -2.25. The van der Waals surface area contributed by atoms with Crippen LogP contribution in [-0.2, 0) is 0 Å². The van der Waals surface area contributed by atoms with Gasteiger partial charge < -0.3 is 0 Å². The minimum atomic E-state index is -2.55. The quantitative estimate of drug-likeness (QED) is 0.304. The average molecular weight is 423 g/mol. The Morgan fingerprint density at radius 2 is 1.11 bits per heavy atom. The molecule has 0 saturated carbocycles. The van der Waals surface area contributed by atoms with Crippen molar-refractivity contribution >= 4 is 51.9 Å². The normalized spacial score (nSPS) is 11.9. The first-order valence-corrected chi connectivity index (χ1v) is 12.6. The second-order valence-electron chi connectivity index (χ2n) is 6.71. The van der Waals surface area contributed by atoms with Gasteiger partial charge in [-0.25, -0.2) is 0 Å². The van der Waals surface area contributed by atoms with Crippen molar-refractivity contribution in [1.82, 2.24) is 0 Å². The third-order valence-corrected chi connectivity index (χ3v) is 11.2. The number of hydrogen-bond donors (Lipinski definition) is 0. The Balaban J connectivity index is 1.94. The molecule has 0 fully saturated rings. The molecule has 0 spiro atoms. The molecule has 0 atom stereocenters. The van der Waals surface area contributed by atoms with Crippen LogP contribution in [0.25, 0.3) is 0 Å². The molecule has 0 N–H and O–H groups in total.